The van der Waals surface area contributed by atoms with Crippen molar-refractivity contribution in [3.05, 3.63) is 22.6 Å². The molecule has 1 aromatic heterocycles. The van der Waals surface area contributed by atoms with Crippen LogP contribution in [0.2, 0.25) is 0 Å². The lowest BCUT2D eigenvalue weighted by molar-refractivity contribution is 0.539. The minimum atomic E-state index is 0.796. The summed E-state index contributed by atoms with van der Waals surface area (Å²) in [6.45, 7) is 1.98. The molecule has 1 rings (SSSR count). The lowest BCUT2D eigenvalue weighted by Crippen LogP contribution is -1.49. The van der Waals surface area contributed by atoms with Crippen LogP contribution in [0.3, 0.4) is 0 Å². The summed E-state index contributed by atoms with van der Waals surface area (Å²) in [5.74, 6) is 0. The molecule has 0 unspecified atom stereocenters. The van der Waals surface area contributed by atoms with Crippen molar-refractivity contribution in [3.8, 4) is 0 Å². The SMILES string of the molecule is Cc1coc(Br)c1. The fourth-order valence-corrected chi connectivity index (χ4v) is 0.851. The molecule has 0 aliphatic rings. The van der Waals surface area contributed by atoms with E-state index in [1.54, 1.807) is 6.26 Å². The van der Waals surface area contributed by atoms with Gasteiger partial charge in [0.15, 0.2) is 4.67 Å². The number of hydrogen-bond acceptors (Lipinski definition) is 1. The topological polar surface area (TPSA) is 13.1 Å². The monoisotopic (exact) mass is 160 g/mol. The first kappa shape index (κ1) is 4.91. The molecule has 1 aromatic rings. The summed E-state index contributed by atoms with van der Waals surface area (Å²) in [5, 5.41) is 0. The normalized spacial score (nSPS) is 9.43. The van der Waals surface area contributed by atoms with Crippen molar-refractivity contribution in [3.63, 3.8) is 0 Å². The van der Waals surface area contributed by atoms with Crippen molar-refractivity contribution in [2.24, 2.45) is 0 Å². The minimum absolute atomic E-state index is 0.796. The van der Waals surface area contributed by atoms with Crippen LogP contribution >= 0.6 is 15.9 Å². The van der Waals surface area contributed by atoms with Gasteiger partial charge in [-0.2, -0.15) is 0 Å². The van der Waals surface area contributed by atoms with E-state index < -0.39 is 0 Å². The van der Waals surface area contributed by atoms with Gasteiger partial charge in [0.1, 0.15) is 0 Å². The maximum absolute atomic E-state index is 4.88. The third kappa shape index (κ3) is 1.06. The van der Waals surface area contributed by atoms with Crippen molar-refractivity contribution in [2.45, 2.75) is 6.92 Å². The third-order valence-electron chi connectivity index (χ3n) is 0.699. The molecule has 0 amide bonds. The molecule has 2 heteroatoms. The summed E-state index contributed by atoms with van der Waals surface area (Å²) in [6.07, 6.45) is 1.70. The van der Waals surface area contributed by atoms with E-state index in [9.17, 15) is 0 Å². The van der Waals surface area contributed by atoms with E-state index in [1.165, 1.54) is 0 Å². The Morgan fingerprint density at radius 3 is 2.57 bits per heavy atom. The largest absolute Gasteiger partial charge is 0.457 e. The summed E-state index contributed by atoms with van der Waals surface area (Å²) in [6, 6.07) is 1.92. The van der Waals surface area contributed by atoms with Gasteiger partial charge < -0.3 is 4.42 Å². The lowest BCUT2D eigenvalue weighted by Gasteiger charge is -1.66. The van der Waals surface area contributed by atoms with Gasteiger partial charge in [0.25, 0.3) is 0 Å². The van der Waals surface area contributed by atoms with E-state index in [0.717, 1.165) is 10.2 Å². The molecule has 7 heavy (non-hydrogen) atoms. The molecule has 0 aliphatic heterocycles. The first-order valence-corrected chi connectivity index (χ1v) is 2.79. The maximum Gasteiger partial charge on any atom is 0.169 e. The molecule has 0 aliphatic carbocycles. The van der Waals surface area contributed by atoms with E-state index in [2.05, 4.69) is 15.9 Å². The Hall–Kier alpha value is -0.240. The standard InChI is InChI=1S/C5H5BrO/c1-4-2-5(6)7-3-4/h2-3H,1H3. The average molecular weight is 161 g/mol. The number of hydrogen-bond donors (Lipinski definition) is 0. The third-order valence-corrected chi connectivity index (χ3v) is 1.11. The predicted octanol–water partition coefficient (Wildman–Crippen LogP) is 2.35. The fraction of sp³-hybridized carbons (Fsp3) is 0.200. The number of rotatable bonds is 0. The van der Waals surface area contributed by atoms with Gasteiger partial charge in [-0.05, 0) is 34.5 Å². The molecule has 38 valence electrons. The zero-order valence-electron chi connectivity index (χ0n) is 3.94. The maximum atomic E-state index is 4.88. The van der Waals surface area contributed by atoms with Gasteiger partial charge in [-0.25, -0.2) is 0 Å². The van der Waals surface area contributed by atoms with Crippen LogP contribution < -0.4 is 0 Å². The van der Waals surface area contributed by atoms with Crippen LogP contribution in [-0.4, -0.2) is 0 Å². The van der Waals surface area contributed by atoms with Crippen molar-refractivity contribution in [1.82, 2.24) is 0 Å². The molecule has 0 atom stereocenters. The summed E-state index contributed by atoms with van der Waals surface area (Å²) < 4.78 is 5.68. The van der Waals surface area contributed by atoms with Crippen LogP contribution in [0.15, 0.2) is 21.4 Å². The van der Waals surface area contributed by atoms with E-state index in [1.807, 2.05) is 13.0 Å². The Bertz CT molecular complexity index is 140. The van der Waals surface area contributed by atoms with E-state index in [-0.39, 0.29) is 0 Å². The molecule has 1 nitrogen and oxygen atoms in total. The minimum Gasteiger partial charge on any atom is -0.457 e. The highest BCUT2D eigenvalue weighted by Crippen LogP contribution is 2.11. The molecular formula is C5H5BrO. The van der Waals surface area contributed by atoms with Gasteiger partial charge in [0.2, 0.25) is 0 Å². The predicted molar refractivity (Wildman–Crippen MR) is 31.1 cm³/mol. The Morgan fingerprint density at radius 1 is 1.71 bits per heavy atom. The zero-order valence-corrected chi connectivity index (χ0v) is 5.53. The highest BCUT2D eigenvalue weighted by atomic mass is 79.9. The molecular weight excluding hydrogens is 156 g/mol. The molecule has 0 radical (unpaired) electrons. The lowest BCUT2D eigenvalue weighted by atomic mass is 10.4. The van der Waals surface area contributed by atoms with Crippen molar-refractivity contribution in [2.75, 3.05) is 0 Å². The van der Waals surface area contributed by atoms with E-state index in [0.29, 0.717) is 0 Å². The van der Waals surface area contributed by atoms with Gasteiger partial charge in [0, 0.05) is 0 Å². The highest BCUT2D eigenvalue weighted by molar-refractivity contribution is 9.10. The van der Waals surface area contributed by atoms with Crippen molar-refractivity contribution < 1.29 is 4.42 Å². The second kappa shape index (κ2) is 1.70. The van der Waals surface area contributed by atoms with Gasteiger partial charge in [-0.3, -0.25) is 0 Å². The van der Waals surface area contributed by atoms with Crippen LogP contribution in [-0.2, 0) is 0 Å². The Morgan fingerprint density at radius 2 is 2.43 bits per heavy atom. The van der Waals surface area contributed by atoms with Crippen molar-refractivity contribution >= 4 is 15.9 Å². The average Bonchev–Trinajstić information content (AvgIpc) is 1.87. The second-order valence-electron chi connectivity index (χ2n) is 1.43. The van der Waals surface area contributed by atoms with Crippen LogP contribution in [0.1, 0.15) is 5.56 Å². The number of furan rings is 1. The van der Waals surface area contributed by atoms with Crippen LogP contribution in [0.5, 0.6) is 0 Å². The Labute approximate surface area is 50.5 Å². The summed E-state index contributed by atoms with van der Waals surface area (Å²) in [5.41, 5.74) is 1.15. The smallest absolute Gasteiger partial charge is 0.169 e. The summed E-state index contributed by atoms with van der Waals surface area (Å²) >= 11 is 3.17. The van der Waals surface area contributed by atoms with E-state index in [4.69, 9.17) is 4.42 Å². The highest BCUT2D eigenvalue weighted by Gasteiger charge is 1.87. The number of aryl methyl sites for hydroxylation is 1. The number of halogens is 1. The van der Waals surface area contributed by atoms with Gasteiger partial charge >= 0.3 is 0 Å². The van der Waals surface area contributed by atoms with Gasteiger partial charge in [-0.15, -0.1) is 0 Å². The first-order valence-electron chi connectivity index (χ1n) is 1.99. The molecule has 0 fully saturated rings. The van der Waals surface area contributed by atoms with Gasteiger partial charge in [-0.1, -0.05) is 0 Å². The molecule has 0 N–H and O–H groups in total. The Kier molecular flexibility index (Phi) is 1.19. The van der Waals surface area contributed by atoms with E-state index >= 15 is 0 Å². The molecule has 0 saturated carbocycles. The van der Waals surface area contributed by atoms with Gasteiger partial charge in [0.05, 0.1) is 6.26 Å². The molecule has 0 saturated heterocycles. The molecule has 0 bridgehead atoms. The quantitative estimate of drug-likeness (QED) is 0.569. The summed E-state index contributed by atoms with van der Waals surface area (Å²) in [7, 11) is 0. The zero-order chi connectivity index (χ0) is 5.28. The van der Waals surface area contributed by atoms with Crippen LogP contribution in [0.4, 0.5) is 0 Å². The second-order valence-corrected chi connectivity index (χ2v) is 2.21. The van der Waals surface area contributed by atoms with Crippen LogP contribution in [0, 0.1) is 6.92 Å². The van der Waals surface area contributed by atoms with Crippen LogP contribution in [0.25, 0.3) is 0 Å². The molecule has 0 aromatic carbocycles. The molecule has 1 heterocycles. The Balaban J connectivity index is 3.04. The fourth-order valence-electron chi connectivity index (χ4n) is 0.396. The van der Waals surface area contributed by atoms with Crippen molar-refractivity contribution in [1.29, 1.82) is 0 Å². The first-order chi connectivity index (χ1) is 3.29. The molecule has 0 spiro atoms. The summed E-state index contributed by atoms with van der Waals surface area (Å²) in [4.78, 5) is 0.